The first kappa shape index (κ1) is 11.3. The van der Waals surface area contributed by atoms with Crippen molar-refractivity contribution < 1.29 is 5.11 Å². The number of rotatable bonds is 2. The number of hydrogen-bond acceptors (Lipinski definition) is 2. The fourth-order valence-electron chi connectivity index (χ4n) is 2.85. The second kappa shape index (κ2) is 4.81. The molecule has 0 spiro atoms. The standard InChI is InChI=1S/C16H17NO/c18-16-4-3-14-2-1-13(10-15(14)11-16)9-12-5-7-17-8-6-12/h3-8,11,13,18H,1-2,9-10H2/t13-/m0/s1. The topological polar surface area (TPSA) is 33.1 Å². The van der Waals surface area contributed by atoms with Crippen LogP contribution in [0.1, 0.15) is 23.1 Å². The molecule has 0 bridgehead atoms. The number of phenolic OH excluding ortho intramolecular Hbond substituents is 1. The molecule has 1 N–H and O–H groups in total. The monoisotopic (exact) mass is 239 g/mol. The van der Waals surface area contributed by atoms with Crippen LogP contribution in [-0.2, 0) is 19.3 Å². The molecular weight excluding hydrogens is 222 g/mol. The number of nitrogens with zero attached hydrogens (tertiary/aromatic N) is 1. The first-order chi connectivity index (χ1) is 8.81. The highest BCUT2D eigenvalue weighted by molar-refractivity contribution is 5.36. The van der Waals surface area contributed by atoms with Crippen LogP contribution in [0, 0.1) is 5.92 Å². The maximum atomic E-state index is 9.56. The summed E-state index contributed by atoms with van der Waals surface area (Å²) in [7, 11) is 0. The van der Waals surface area contributed by atoms with Crippen LogP contribution in [0.15, 0.2) is 42.7 Å². The predicted octanol–water partition coefficient (Wildman–Crippen LogP) is 3.13. The summed E-state index contributed by atoms with van der Waals surface area (Å²) >= 11 is 0. The summed E-state index contributed by atoms with van der Waals surface area (Å²) in [6, 6.07) is 9.97. The molecule has 1 aromatic heterocycles. The van der Waals surface area contributed by atoms with Crippen LogP contribution in [-0.4, -0.2) is 10.1 Å². The fourth-order valence-corrected chi connectivity index (χ4v) is 2.85. The van der Waals surface area contributed by atoms with E-state index in [1.54, 1.807) is 6.07 Å². The van der Waals surface area contributed by atoms with Gasteiger partial charge in [0.15, 0.2) is 0 Å². The number of fused-ring (bicyclic) bond motifs is 1. The Morgan fingerprint density at radius 3 is 2.78 bits per heavy atom. The molecule has 0 fully saturated rings. The molecule has 0 amide bonds. The maximum Gasteiger partial charge on any atom is 0.115 e. The van der Waals surface area contributed by atoms with Crippen LogP contribution in [0.25, 0.3) is 0 Å². The molecule has 1 aromatic carbocycles. The Labute approximate surface area is 107 Å². The third-order valence-corrected chi connectivity index (χ3v) is 3.79. The second-order valence-electron chi connectivity index (χ2n) is 5.12. The van der Waals surface area contributed by atoms with Gasteiger partial charge in [0.25, 0.3) is 0 Å². The molecule has 1 atom stereocenters. The molecule has 2 nitrogen and oxygen atoms in total. The van der Waals surface area contributed by atoms with Crippen LogP contribution in [0.3, 0.4) is 0 Å². The van der Waals surface area contributed by atoms with Crippen LogP contribution in [0.5, 0.6) is 5.75 Å². The molecule has 92 valence electrons. The summed E-state index contributed by atoms with van der Waals surface area (Å²) in [5, 5.41) is 9.56. The molecule has 1 aliphatic rings. The van der Waals surface area contributed by atoms with Crippen molar-refractivity contribution in [2.24, 2.45) is 5.92 Å². The van der Waals surface area contributed by atoms with Gasteiger partial charge in [-0.3, -0.25) is 4.98 Å². The van der Waals surface area contributed by atoms with Crippen molar-refractivity contribution in [2.75, 3.05) is 0 Å². The molecule has 1 aliphatic carbocycles. The van der Waals surface area contributed by atoms with Crippen molar-refractivity contribution in [1.29, 1.82) is 0 Å². The predicted molar refractivity (Wildman–Crippen MR) is 71.6 cm³/mol. The number of benzene rings is 1. The molecule has 18 heavy (non-hydrogen) atoms. The van der Waals surface area contributed by atoms with Gasteiger partial charge in [-0.1, -0.05) is 6.07 Å². The van der Waals surface area contributed by atoms with Crippen LogP contribution in [0.2, 0.25) is 0 Å². The van der Waals surface area contributed by atoms with Gasteiger partial charge < -0.3 is 5.11 Å². The van der Waals surface area contributed by atoms with Crippen molar-refractivity contribution in [2.45, 2.75) is 25.7 Å². The summed E-state index contributed by atoms with van der Waals surface area (Å²) < 4.78 is 0. The van der Waals surface area contributed by atoms with E-state index < -0.39 is 0 Å². The van der Waals surface area contributed by atoms with Gasteiger partial charge >= 0.3 is 0 Å². The zero-order chi connectivity index (χ0) is 12.4. The Kier molecular flexibility index (Phi) is 3.01. The minimum atomic E-state index is 0.387. The lowest BCUT2D eigenvalue weighted by Crippen LogP contribution is -2.16. The molecule has 2 aromatic rings. The lowest BCUT2D eigenvalue weighted by atomic mass is 9.81. The number of aryl methyl sites for hydroxylation is 1. The number of pyridine rings is 1. The zero-order valence-corrected chi connectivity index (χ0v) is 10.3. The highest BCUT2D eigenvalue weighted by Gasteiger charge is 2.19. The van der Waals surface area contributed by atoms with Gasteiger partial charge in [-0.05, 0) is 72.6 Å². The third-order valence-electron chi connectivity index (χ3n) is 3.79. The quantitative estimate of drug-likeness (QED) is 0.873. The van der Waals surface area contributed by atoms with Gasteiger partial charge in [-0.25, -0.2) is 0 Å². The summed E-state index contributed by atoms with van der Waals surface area (Å²) in [4.78, 5) is 4.05. The highest BCUT2D eigenvalue weighted by Crippen LogP contribution is 2.29. The van der Waals surface area contributed by atoms with Crippen molar-refractivity contribution in [1.82, 2.24) is 4.98 Å². The normalized spacial score (nSPS) is 18.3. The molecular formula is C16H17NO. The van der Waals surface area contributed by atoms with E-state index in [4.69, 9.17) is 0 Å². The van der Waals surface area contributed by atoms with Crippen LogP contribution < -0.4 is 0 Å². The largest absolute Gasteiger partial charge is 0.508 e. The van der Waals surface area contributed by atoms with Crippen LogP contribution in [0.4, 0.5) is 0 Å². The Balaban J connectivity index is 1.75. The molecule has 1 heterocycles. The molecule has 0 saturated heterocycles. The summed E-state index contributed by atoms with van der Waals surface area (Å²) in [5.41, 5.74) is 4.08. The molecule has 2 heteroatoms. The van der Waals surface area contributed by atoms with E-state index in [0.29, 0.717) is 11.7 Å². The van der Waals surface area contributed by atoms with Gasteiger partial charge in [0.2, 0.25) is 0 Å². The number of phenols is 1. The molecule has 0 saturated carbocycles. The first-order valence-corrected chi connectivity index (χ1v) is 6.51. The van der Waals surface area contributed by atoms with Gasteiger partial charge in [-0.2, -0.15) is 0 Å². The Bertz CT molecular complexity index is 536. The maximum absolute atomic E-state index is 9.56. The van der Waals surface area contributed by atoms with E-state index in [9.17, 15) is 5.11 Å². The van der Waals surface area contributed by atoms with E-state index in [2.05, 4.69) is 23.2 Å². The molecule has 0 unspecified atom stereocenters. The highest BCUT2D eigenvalue weighted by atomic mass is 16.3. The molecule has 0 radical (unpaired) electrons. The smallest absolute Gasteiger partial charge is 0.115 e. The van der Waals surface area contributed by atoms with Crippen molar-refractivity contribution >= 4 is 0 Å². The minimum Gasteiger partial charge on any atom is -0.508 e. The van der Waals surface area contributed by atoms with E-state index in [1.807, 2.05) is 18.5 Å². The van der Waals surface area contributed by atoms with Crippen molar-refractivity contribution in [3.63, 3.8) is 0 Å². The number of hydrogen-bond donors (Lipinski definition) is 1. The minimum absolute atomic E-state index is 0.387. The second-order valence-corrected chi connectivity index (χ2v) is 5.12. The lowest BCUT2D eigenvalue weighted by molar-refractivity contribution is 0.446. The third kappa shape index (κ3) is 2.37. The average molecular weight is 239 g/mol. The summed E-state index contributed by atoms with van der Waals surface area (Å²) in [6.07, 6.45) is 8.27. The van der Waals surface area contributed by atoms with Gasteiger partial charge in [0, 0.05) is 12.4 Å². The summed E-state index contributed by atoms with van der Waals surface area (Å²) in [5.74, 6) is 1.07. The number of aromatic nitrogens is 1. The van der Waals surface area contributed by atoms with Gasteiger partial charge in [0.05, 0.1) is 0 Å². The molecule has 3 rings (SSSR count). The van der Waals surface area contributed by atoms with E-state index in [0.717, 1.165) is 19.3 Å². The van der Waals surface area contributed by atoms with Crippen molar-refractivity contribution in [3.05, 3.63) is 59.4 Å². The van der Waals surface area contributed by atoms with Gasteiger partial charge in [-0.15, -0.1) is 0 Å². The summed E-state index contributed by atoms with van der Waals surface area (Å²) in [6.45, 7) is 0. The van der Waals surface area contributed by atoms with E-state index >= 15 is 0 Å². The fraction of sp³-hybridized carbons (Fsp3) is 0.312. The average Bonchev–Trinajstić information content (AvgIpc) is 2.39. The van der Waals surface area contributed by atoms with E-state index in [1.165, 1.54) is 23.1 Å². The van der Waals surface area contributed by atoms with Crippen LogP contribution >= 0.6 is 0 Å². The first-order valence-electron chi connectivity index (χ1n) is 6.51. The van der Waals surface area contributed by atoms with E-state index in [-0.39, 0.29) is 0 Å². The van der Waals surface area contributed by atoms with Gasteiger partial charge in [0.1, 0.15) is 5.75 Å². The molecule has 0 aliphatic heterocycles. The van der Waals surface area contributed by atoms with Crippen molar-refractivity contribution in [3.8, 4) is 5.75 Å². The Morgan fingerprint density at radius 2 is 1.94 bits per heavy atom. The SMILES string of the molecule is Oc1ccc2c(c1)C[C@H](Cc1ccncc1)CC2. The Hall–Kier alpha value is -1.83. The lowest BCUT2D eigenvalue weighted by Gasteiger charge is -2.24. The zero-order valence-electron chi connectivity index (χ0n) is 10.3. The number of aromatic hydroxyl groups is 1. The Morgan fingerprint density at radius 1 is 1.11 bits per heavy atom.